The van der Waals surface area contributed by atoms with Crippen molar-refractivity contribution < 1.29 is 4.74 Å². The van der Waals surface area contributed by atoms with Crippen molar-refractivity contribution in [3.8, 4) is 0 Å². The van der Waals surface area contributed by atoms with E-state index < -0.39 is 0 Å². The van der Waals surface area contributed by atoms with Gasteiger partial charge in [0, 0.05) is 31.2 Å². The molecule has 0 aliphatic carbocycles. The molecule has 16 heavy (non-hydrogen) atoms. The first-order valence-electron chi connectivity index (χ1n) is 5.74. The van der Waals surface area contributed by atoms with E-state index in [0.29, 0.717) is 0 Å². The quantitative estimate of drug-likeness (QED) is 0.845. The Morgan fingerprint density at radius 2 is 2.19 bits per heavy atom. The average Bonchev–Trinajstić information content (AvgIpc) is 2.65. The lowest BCUT2D eigenvalue weighted by Gasteiger charge is -2.26. The van der Waals surface area contributed by atoms with Crippen molar-refractivity contribution in [2.24, 2.45) is 5.92 Å². The Balaban J connectivity index is 1.77. The molecule has 0 amide bonds. The Hall–Kier alpha value is 0.1000. The molecule has 0 bridgehead atoms. The van der Waals surface area contributed by atoms with Crippen LogP contribution in [0, 0.1) is 5.92 Å². The van der Waals surface area contributed by atoms with E-state index in [1.807, 2.05) is 11.3 Å². The molecule has 1 aliphatic heterocycles. The van der Waals surface area contributed by atoms with Crippen LogP contribution in [-0.2, 0) is 11.3 Å². The third-order valence-electron chi connectivity index (χ3n) is 2.97. The number of halogens is 1. The summed E-state index contributed by atoms with van der Waals surface area (Å²) in [6.07, 6.45) is 2.44. The van der Waals surface area contributed by atoms with Crippen molar-refractivity contribution in [2.75, 3.05) is 26.8 Å². The van der Waals surface area contributed by atoms with Gasteiger partial charge in [-0.25, -0.2) is 0 Å². The van der Waals surface area contributed by atoms with Crippen LogP contribution in [0.15, 0.2) is 15.9 Å². The second-order valence-electron chi connectivity index (χ2n) is 4.46. The molecule has 1 saturated heterocycles. The third kappa shape index (κ3) is 3.84. The maximum atomic E-state index is 5.38. The van der Waals surface area contributed by atoms with E-state index in [0.717, 1.165) is 25.7 Å². The summed E-state index contributed by atoms with van der Waals surface area (Å²) in [5, 5.41) is 0. The number of nitrogens with zero attached hydrogens (tertiary/aromatic N) is 1. The molecule has 0 atom stereocenters. The minimum Gasteiger partial charge on any atom is -0.381 e. The first-order chi connectivity index (χ1) is 7.74. The van der Waals surface area contributed by atoms with E-state index in [1.165, 1.54) is 28.0 Å². The van der Waals surface area contributed by atoms with Crippen LogP contribution in [-0.4, -0.2) is 31.7 Å². The van der Waals surface area contributed by atoms with E-state index in [1.54, 1.807) is 0 Å². The molecular formula is C12H18BrNOS. The first kappa shape index (κ1) is 12.6. The van der Waals surface area contributed by atoms with Crippen LogP contribution in [0.5, 0.6) is 0 Å². The molecule has 0 saturated carbocycles. The van der Waals surface area contributed by atoms with Crippen molar-refractivity contribution >= 4 is 27.3 Å². The summed E-state index contributed by atoms with van der Waals surface area (Å²) in [6, 6.07) is 4.33. The lowest BCUT2D eigenvalue weighted by atomic mass is 10.00. The Morgan fingerprint density at radius 1 is 1.44 bits per heavy atom. The van der Waals surface area contributed by atoms with Gasteiger partial charge in [-0.2, -0.15) is 0 Å². The van der Waals surface area contributed by atoms with E-state index in [2.05, 4.69) is 40.0 Å². The van der Waals surface area contributed by atoms with Gasteiger partial charge < -0.3 is 9.64 Å². The lowest BCUT2D eigenvalue weighted by Crippen LogP contribution is -2.29. The highest BCUT2D eigenvalue weighted by Crippen LogP contribution is 2.24. The van der Waals surface area contributed by atoms with Crippen LogP contribution in [0.3, 0.4) is 0 Å². The molecule has 0 N–H and O–H groups in total. The molecule has 1 fully saturated rings. The molecule has 1 aliphatic rings. The average molecular weight is 304 g/mol. The van der Waals surface area contributed by atoms with E-state index in [-0.39, 0.29) is 0 Å². The fraction of sp³-hybridized carbons (Fsp3) is 0.667. The van der Waals surface area contributed by atoms with E-state index >= 15 is 0 Å². The zero-order valence-electron chi connectivity index (χ0n) is 9.62. The molecule has 1 aromatic rings. The summed E-state index contributed by atoms with van der Waals surface area (Å²) in [5.74, 6) is 0.821. The van der Waals surface area contributed by atoms with Gasteiger partial charge in [-0.1, -0.05) is 0 Å². The van der Waals surface area contributed by atoms with Crippen molar-refractivity contribution in [3.63, 3.8) is 0 Å². The highest BCUT2D eigenvalue weighted by Gasteiger charge is 2.15. The molecule has 4 heteroatoms. The largest absolute Gasteiger partial charge is 0.381 e. The van der Waals surface area contributed by atoms with Crippen molar-refractivity contribution in [1.82, 2.24) is 4.90 Å². The predicted octanol–water partition coefficient (Wildman–Crippen LogP) is 3.37. The zero-order valence-corrected chi connectivity index (χ0v) is 12.0. The molecule has 90 valence electrons. The topological polar surface area (TPSA) is 12.5 Å². The van der Waals surface area contributed by atoms with Gasteiger partial charge in [0.15, 0.2) is 0 Å². The Bertz CT molecular complexity index is 323. The summed E-state index contributed by atoms with van der Waals surface area (Å²) in [4.78, 5) is 3.86. The van der Waals surface area contributed by atoms with Gasteiger partial charge in [0.25, 0.3) is 0 Å². The second kappa shape index (κ2) is 6.15. The smallest absolute Gasteiger partial charge is 0.0701 e. The van der Waals surface area contributed by atoms with Crippen LogP contribution in [0.25, 0.3) is 0 Å². The Kier molecular flexibility index (Phi) is 4.82. The second-order valence-corrected chi connectivity index (χ2v) is 7.01. The first-order valence-corrected chi connectivity index (χ1v) is 7.35. The van der Waals surface area contributed by atoms with Crippen molar-refractivity contribution in [3.05, 3.63) is 20.8 Å². The Labute approximate surface area is 110 Å². The van der Waals surface area contributed by atoms with Crippen molar-refractivity contribution in [1.29, 1.82) is 0 Å². The van der Waals surface area contributed by atoms with Gasteiger partial charge in [-0.15, -0.1) is 11.3 Å². The normalized spacial score (nSPS) is 18.2. The lowest BCUT2D eigenvalue weighted by molar-refractivity contribution is 0.0550. The zero-order chi connectivity index (χ0) is 11.4. The maximum Gasteiger partial charge on any atom is 0.0701 e. The van der Waals surface area contributed by atoms with Crippen LogP contribution < -0.4 is 0 Å². The molecule has 2 heterocycles. The Morgan fingerprint density at radius 3 is 2.81 bits per heavy atom. The minimum atomic E-state index is 0.821. The predicted molar refractivity (Wildman–Crippen MR) is 71.9 cm³/mol. The number of hydrogen-bond acceptors (Lipinski definition) is 3. The molecule has 0 spiro atoms. The fourth-order valence-electron chi connectivity index (χ4n) is 2.14. The van der Waals surface area contributed by atoms with Crippen LogP contribution in [0.4, 0.5) is 0 Å². The SMILES string of the molecule is CN(Cc1ccc(Br)s1)CC1CCOCC1. The van der Waals surface area contributed by atoms with Gasteiger partial charge in [-0.3, -0.25) is 0 Å². The van der Waals surface area contributed by atoms with Crippen LogP contribution in [0.2, 0.25) is 0 Å². The summed E-state index contributed by atoms with van der Waals surface area (Å²) in [5.41, 5.74) is 0. The molecule has 2 nitrogen and oxygen atoms in total. The standard InChI is InChI=1S/C12H18BrNOS/c1-14(8-10-4-6-15-7-5-10)9-11-2-3-12(13)16-11/h2-3,10H,4-9H2,1H3. The van der Waals surface area contributed by atoms with Gasteiger partial charge in [-0.05, 0) is 53.9 Å². The number of ether oxygens (including phenoxy) is 1. The van der Waals surface area contributed by atoms with Crippen LogP contribution in [0.1, 0.15) is 17.7 Å². The van der Waals surface area contributed by atoms with E-state index in [9.17, 15) is 0 Å². The maximum absolute atomic E-state index is 5.38. The summed E-state index contributed by atoms with van der Waals surface area (Å²) in [7, 11) is 2.21. The highest BCUT2D eigenvalue weighted by molar-refractivity contribution is 9.11. The molecule has 2 rings (SSSR count). The molecular weight excluding hydrogens is 286 g/mol. The fourth-order valence-corrected chi connectivity index (χ4v) is 3.70. The summed E-state index contributed by atoms with van der Waals surface area (Å²) < 4.78 is 6.60. The van der Waals surface area contributed by atoms with Crippen LogP contribution >= 0.6 is 27.3 Å². The molecule has 0 aromatic carbocycles. The summed E-state index contributed by atoms with van der Waals surface area (Å²) in [6.45, 7) is 4.15. The summed E-state index contributed by atoms with van der Waals surface area (Å²) >= 11 is 5.33. The van der Waals surface area contributed by atoms with Gasteiger partial charge in [0.2, 0.25) is 0 Å². The molecule has 1 aromatic heterocycles. The number of hydrogen-bond donors (Lipinski definition) is 0. The number of thiophene rings is 1. The van der Waals surface area contributed by atoms with Gasteiger partial charge in [0.1, 0.15) is 0 Å². The highest BCUT2D eigenvalue weighted by atomic mass is 79.9. The van der Waals surface area contributed by atoms with Gasteiger partial charge in [0.05, 0.1) is 3.79 Å². The number of rotatable bonds is 4. The third-order valence-corrected chi connectivity index (χ3v) is 4.57. The monoisotopic (exact) mass is 303 g/mol. The molecule has 0 unspecified atom stereocenters. The minimum absolute atomic E-state index is 0.821. The molecule has 0 radical (unpaired) electrons. The van der Waals surface area contributed by atoms with E-state index in [4.69, 9.17) is 4.74 Å². The van der Waals surface area contributed by atoms with Crippen molar-refractivity contribution in [2.45, 2.75) is 19.4 Å². The van der Waals surface area contributed by atoms with Gasteiger partial charge >= 0.3 is 0 Å².